The van der Waals surface area contributed by atoms with Crippen LogP contribution in [0.3, 0.4) is 0 Å². The number of hydrogen-bond acceptors (Lipinski definition) is 2. The van der Waals surface area contributed by atoms with E-state index in [9.17, 15) is 0 Å². The quantitative estimate of drug-likeness (QED) is 0.844. The Morgan fingerprint density at radius 1 is 1.25 bits per heavy atom. The summed E-state index contributed by atoms with van der Waals surface area (Å²) in [5.41, 5.74) is 12.8. The van der Waals surface area contributed by atoms with Crippen molar-refractivity contribution >= 4 is 15.9 Å². The minimum absolute atomic E-state index is 0.434. The van der Waals surface area contributed by atoms with E-state index >= 15 is 0 Å². The van der Waals surface area contributed by atoms with Crippen molar-refractivity contribution in [3.05, 3.63) is 34.3 Å². The molecular weight excluding hydrogens is 264 g/mol. The van der Waals surface area contributed by atoms with Crippen LogP contribution in [0.1, 0.15) is 31.2 Å². The summed E-state index contributed by atoms with van der Waals surface area (Å²) in [7, 11) is 0. The Morgan fingerprint density at radius 2 is 1.94 bits per heavy atom. The van der Waals surface area contributed by atoms with Crippen molar-refractivity contribution in [2.24, 2.45) is 17.4 Å². The molecule has 0 amide bonds. The van der Waals surface area contributed by atoms with Crippen molar-refractivity contribution in [3.63, 3.8) is 0 Å². The van der Waals surface area contributed by atoms with Crippen LogP contribution in [0.15, 0.2) is 28.7 Å². The lowest BCUT2D eigenvalue weighted by molar-refractivity contribution is 0.442. The third kappa shape index (κ3) is 3.89. The molecule has 0 heterocycles. The molecule has 0 saturated heterocycles. The largest absolute Gasteiger partial charge is 0.330 e. The Morgan fingerprint density at radius 3 is 2.44 bits per heavy atom. The van der Waals surface area contributed by atoms with E-state index < -0.39 is 0 Å². The van der Waals surface area contributed by atoms with Crippen LogP contribution < -0.4 is 11.5 Å². The van der Waals surface area contributed by atoms with Crippen LogP contribution in [0.4, 0.5) is 0 Å². The zero-order valence-electron chi connectivity index (χ0n) is 9.83. The first-order valence-corrected chi connectivity index (χ1v) is 6.66. The fraction of sp³-hybridized carbons (Fsp3) is 0.538. The van der Waals surface area contributed by atoms with Gasteiger partial charge in [0.15, 0.2) is 0 Å². The van der Waals surface area contributed by atoms with E-state index in [1.807, 2.05) is 0 Å². The van der Waals surface area contributed by atoms with Gasteiger partial charge in [0.2, 0.25) is 0 Å². The lowest BCUT2D eigenvalue weighted by Gasteiger charge is -2.21. The highest BCUT2D eigenvalue weighted by Gasteiger charge is 2.14. The van der Waals surface area contributed by atoms with Crippen molar-refractivity contribution in [1.29, 1.82) is 0 Å². The Kier molecular flexibility index (Phi) is 6.03. The van der Waals surface area contributed by atoms with Crippen molar-refractivity contribution in [2.75, 3.05) is 13.1 Å². The van der Waals surface area contributed by atoms with Crippen molar-refractivity contribution < 1.29 is 0 Å². The van der Waals surface area contributed by atoms with Crippen LogP contribution in [-0.4, -0.2) is 13.1 Å². The Balaban J connectivity index is 2.74. The fourth-order valence-corrected chi connectivity index (χ4v) is 2.41. The third-order valence-electron chi connectivity index (χ3n) is 3.10. The van der Waals surface area contributed by atoms with E-state index in [0.29, 0.717) is 24.9 Å². The standard InChI is InChI=1S/C13H21BrN2/c1-2-11(6-10(8-15)9-16)12-4-3-5-13(14)7-12/h3-5,7,10-11H,2,6,8-9,15-16H2,1H3. The van der Waals surface area contributed by atoms with Gasteiger partial charge in [-0.3, -0.25) is 0 Å². The molecule has 1 aromatic rings. The molecule has 0 fully saturated rings. The van der Waals surface area contributed by atoms with Crippen LogP contribution >= 0.6 is 15.9 Å². The average molecular weight is 285 g/mol. The Hall–Kier alpha value is -0.380. The lowest BCUT2D eigenvalue weighted by Crippen LogP contribution is -2.25. The lowest BCUT2D eigenvalue weighted by atomic mass is 9.87. The molecule has 0 saturated carbocycles. The molecule has 0 aromatic heterocycles. The van der Waals surface area contributed by atoms with Crippen molar-refractivity contribution in [2.45, 2.75) is 25.7 Å². The maximum absolute atomic E-state index is 5.71. The molecule has 0 spiro atoms. The van der Waals surface area contributed by atoms with Gasteiger partial charge in [-0.15, -0.1) is 0 Å². The van der Waals surface area contributed by atoms with Crippen molar-refractivity contribution in [1.82, 2.24) is 0 Å². The minimum Gasteiger partial charge on any atom is -0.330 e. The number of rotatable bonds is 6. The van der Waals surface area contributed by atoms with Crippen LogP contribution in [-0.2, 0) is 0 Å². The summed E-state index contributed by atoms with van der Waals surface area (Å²) in [4.78, 5) is 0. The van der Waals surface area contributed by atoms with E-state index in [2.05, 4.69) is 47.1 Å². The summed E-state index contributed by atoms with van der Waals surface area (Å²) >= 11 is 3.51. The third-order valence-corrected chi connectivity index (χ3v) is 3.59. The van der Waals surface area contributed by atoms with Gasteiger partial charge in [-0.2, -0.15) is 0 Å². The molecule has 0 radical (unpaired) electrons. The number of hydrogen-bond donors (Lipinski definition) is 2. The van der Waals surface area contributed by atoms with Gasteiger partial charge < -0.3 is 11.5 Å². The van der Waals surface area contributed by atoms with E-state index in [-0.39, 0.29) is 0 Å². The second-order valence-corrected chi connectivity index (χ2v) is 5.15. The molecule has 16 heavy (non-hydrogen) atoms. The van der Waals surface area contributed by atoms with Crippen LogP contribution in [0, 0.1) is 5.92 Å². The molecule has 4 N–H and O–H groups in total. The molecule has 1 unspecified atom stereocenters. The molecule has 1 aromatic carbocycles. The maximum Gasteiger partial charge on any atom is 0.0178 e. The van der Waals surface area contributed by atoms with Gasteiger partial charge in [-0.1, -0.05) is 35.0 Å². The smallest absolute Gasteiger partial charge is 0.0178 e. The van der Waals surface area contributed by atoms with Crippen molar-refractivity contribution in [3.8, 4) is 0 Å². The van der Waals surface area contributed by atoms with E-state index in [4.69, 9.17) is 11.5 Å². The van der Waals surface area contributed by atoms with Crippen LogP contribution in [0.2, 0.25) is 0 Å². The molecule has 0 aliphatic rings. The molecule has 1 rings (SSSR count). The fourth-order valence-electron chi connectivity index (χ4n) is 1.99. The summed E-state index contributed by atoms with van der Waals surface area (Å²) in [6, 6.07) is 8.52. The highest BCUT2D eigenvalue weighted by molar-refractivity contribution is 9.10. The van der Waals surface area contributed by atoms with Crippen LogP contribution in [0.25, 0.3) is 0 Å². The van der Waals surface area contributed by atoms with Gasteiger partial charge >= 0.3 is 0 Å². The summed E-state index contributed by atoms with van der Waals surface area (Å²) in [5, 5.41) is 0. The first-order chi connectivity index (χ1) is 7.71. The maximum atomic E-state index is 5.71. The van der Waals surface area contributed by atoms with Gasteiger partial charge in [-0.05, 0) is 55.5 Å². The average Bonchev–Trinajstić information content (AvgIpc) is 2.31. The molecule has 0 bridgehead atoms. The number of benzene rings is 1. The molecule has 1 atom stereocenters. The summed E-state index contributed by atoms with van der Waals surface area (Å²) in [6.07, 6.45) is 2.22. The van der Waals surface area contributed by atoms with Gasteiger partial charge in [0.1, 0.15) is 0 Å². The summed E-state index contributed by atoms with van der Waals surface area (Å²) in [5.74, 6) is 0.999. The van der Waals surface area contributed by atoms with Gasteiger partial charge in [0.05, 0.1) is 0 Å². The molecular formula is C13H21BrN2. The van der Waals surface area contributed by atoms with Gasteiger partial charge in [-0.25, -0.2) is 0 Å². The second-order valence-electron chi connectivity index (χ2n) is 4.23. The summed E-state index contributed by atoms with van der Waals surface area (Å²) < 4.78 is 1.14. The normalized spacial score (nSPS) is 13.1. The molecule has 0 aliphatic carbocycles. The Labute approximate surface area is 107 Å². The van der Waals surface area contributed by atoms with E-state index in [1.54, 1.807) is 0 Å². The topological polar surface area (TPSA) is 52.0 Å². The number of halogens is 1. The first kappa shape index (κ1) is 13.7. The highest BCUT2D eigenvalue weighted by atomic mass is 79.9. The molecule has 3 heteroatoms. The van der Waals surface area contributed by atoms with Gasteiger partial charge in [0, 0.05) is 4.47 Å². The molecule has 0 aliphatic heterocycles. The zero-order valence-corrected chi connectivity index (χ0v) is 11.4. The van der Waals surface area contributed by atoms with Gasteiger partial charge in [0.25, 0.3) is 0 Å². The molecule has 90 valence electrons. The molecule has 2 nitrogen and oxygen atoms in total. The zero-order chi connectivity index (χ0) is 12.0. The van der Waals surface area contributed by atoms with E-state index in [0.717, 1.165) is 17.3 Å². The van der Waals surface area contributed by atoms with Crippen LogP contribution in [0.5, 0.6) is 0 Å². The van der Waals surface area contributed by atoms with E-state index in [1.165, 1.54) is 5.56 Å². The second kappa shape index (κ2) is 7.05. The number of nitrogens with two attached hydrogens (primary N) is 2. The minimum atomic E-state index is 0.434. The summed E-state index contributed by atoms with van der Waals surface area (Å²) in [6.45, 7) is 3.58. The monoisotopic (exact) mass is 284 g/mol. The first-order valence-electron chi connectivity index (χ1n) is 5.86. The predicted molar refractivity (Wildman–Crippen MR) is 73.4 cm³/mol. The predicted octanol–water partition coefficient (Wildman–Crippen LogP) is 2.87. The Bertz CT molecular complexity index is 311. The highest BCUT2D eigenvalue weighted by Crippen LogP contribution is 2.28. The SMILES string of the molecule is CCC(CC(CN)CN)c1cccc(Br)c1.